The van der Waals surface area contributed by atoms with Crippen LogP contribution in [0.3, 0.4) is 0 Å². The molecule has 0 amide bonds. The molecule has 1 aliphatic heterocycles. The molecule has 3 nitrogen and oxygen atoms in total. The molecule has 0 bridgehead atoms. The molecule has 0 aromatic heterocycles. The van der Waals surface area contributed by atoms with Crippen LogP contribution in [-0.2, 0) is 0 Å². The van der Waals surface area contributed by atoms with Crippen LogP contribution < -0.4 is 5.73 Å². The molecule has 3 heteroatoms. The average Bonchev–Trinajstić information content (AvgIpc) is 2.48. The summed E-state index contributed by atoms with van der Waals surface area (Å²) in [4.78, 5) is 14.6. The molecule has 2 rings (SSSR count). The highest BCUT2D eigenvalue weighted by molar-refractivity contribution is 6.00. The van der Waals surface area contributed by atoms with Crippen molar-refractivity contribution in [1.82, 2.24) is 4.90 Å². The van der Waals surface area contributed by atoms with Gasteiger partial charge in [-0.2, -0.15) is 0 Å². The first-order chi connectivity index (χ1) is 9.77. The van der Waals surface area contributed by atoms with E-state index in [1.54, 1.807) is 6.07 Å². The van der Waals surface area contributed by atoms with Crippen LogP contribution in [0, 0.1) is 0 Å². The maximum absolute atomic E-state index is 12.0. The van der Waals surface area contributed by atoms with Gasteiger partial charge >= 0.3 is 0 Å². The number of Topliss-reactive ketones (excluding diaryl/α,β-unsaturated/α-hetero) is 1. The summed E-state index contributed by atoms with van der Waals surface area (Å²) < 4.78 is 0. The predicted molar refractivity (Wildman–Crippen MR) is 83.9 cm³/mol. The maximum Gasteiger partial charge on any atom is 0.164 e. The first-order valence-corrected chi connectivity index (χ1v) is 7.87. The van der Waals surface area contributed by atoms with E-state index in [1.807, 2.05) is 18.2 Å². The number of nitrogens with two attached hydrogens (primary N) is 1. The van der Waals surface area contributed by atoms with Gasteiger partial charge in [-0.05, 0) is 57.5 Å². The van der Waals surface area contributed by atoms with Crippen molar-refractivity contribution in [3.8, 4) is 0 Å². The Morgan fingerprint density at radius 1 is 1.05 bits per heavy atom. The molecule has 1 aliphatic rings. The first-order valence-electron chi connectivity index (χ1n) is 7.87. The second kappa shape index (κ2) is 8.05. The Labute approximate surface area is 122 Å². The second-order valence-corrected chi connectivity index (χ2v) is 5.72. The summed E-state index contributed by atoms with van der Waals surface area (Å²) in [5.74, 6) is 0.182. The standard InChI is InChI=1S/C17H26N2O/c18-16-10-5-4-9-15(16)17(20)11-3-1-6-12-19-13-7-2-8-14-19/h4-5,9-10H,1-3,6-8,11-14,18H2. The number of hydrogen-bond donors (Lipinski definition) is 1. The molecule has 1 saturated heterocycles. The van der Waals surface area contributed by atoms with Crippen molar-refractivity contribution in [2.45, 2.75) is 44.9 Å². The zero-order valence-electron chi connectivity index (χ0n) is 12.3. The Bertz CT molecular complexity index is 425. The van der Waals surface area contributed by atoms with Crippen LogP contribution in [0.4, 0.5) is 5.69 Å². The number of ketones is 1. The Hall–Kier alpha value is -1.35. The molecule has 20 heavy (non-hydrogen) atoms. The number of carbonyl (C=O) groups is 1. The van der Waals surface area contributed by atoms with Crippen LogP contribution in [-0.4, -0.2) is 30.3 Å². The Balaban J connectivity index is 1.61. The topological polar surface area (TPSA) is 46.3 Å². The highest BCUT2D eigenvalue weighted by atomic mass is 16.1. The molecule has 1 heterocycles. The van der Waals surface area contributed by atoms with E-state index in [0.717, 1.165) is 12.8 Å². The van der Waals surface area contributed by atoms with E-state index < -0.39 is 0 Å². The maximum atomic E-state index is 12.0. The largest absolute Gasteiger partial charge is 0.398 e. The Morgan fingerprint density at radius 2 is 1.80 bits per heavy atom. The number of para-hydroxylation sites is 1. The molecule has 0 atom stereocenters. The summed E-state index contributed by atoms with van der Waals surface area (Å²) in [5, 5.41) is 0. The Morgan fingerprint density at radius 3 is 2.55 bits per heavy atom. The van der Waals surface area contributed by atoms with Gasteiger partial charge in [0.2, 0.25) is 0 Å². The number of anilines is 1. The van der Waals surface area contributed by atoms with Gasteiger partial charge in [0.25, 0.3) is 0 Å². The monoisotopic (exact) mass is 274 g/mol. The van der Waals surface area contributed by atoms with Gasteiger partial charge in [-0.3, -0.25) is 4.79 Å². The number of hydrogen-bond acceptors (Lipinski definition) is 3. The number of unbranched alkanes of at least 4 members (excludes halogenated alkanes) is 2. The fourth-order valence-electron chi connectivity index (χ4n) is 2.87. The van der Waals surface area contributed by atoms with E-state index >= 15 is 0 Å². The van der Waals surface area contributed by atoms with Crippen LogP contribution in [0.25, 0.3) is 0 Å². The SMILES string of the molecule is Nc1ccccc1C(=O)CCCCCN1CCCCC1. The minimum Gasteiger partial charge on any atom is -0.398 e. The number of piperidine rings is 1. The summed E-state index contributed by atoms with van der Waals surface area (Å²) in [5.41, 5.74) is 7.11. The quantitative estimate of drug-likeness (QED) is 0.470. The van der Waals surface area contributed by atoms with Crippen LogP contribution >= 0.6 is 0 Å². The number of nitrogen functional groups attached to an aromatic ring is 1. The van der Waals surface area contributed by atoms with Crippen molar-refractivity contribution in [3.63, 3.8) is 0 Å². The lowest BCUT2D eigenvalue weighted by molar-refractivity contribution is 0.0979. The lowest BCUT2D eigenvalue weighted by atomic mass is 10.0. The molecular formula is C17H26N2O. The van der Waals surface area contributed by atoms with Crippen molar-refractivity contribution in [2.75, 3.05) is 25.4 Å². The van der Waals surface area contributed by atoms with Crippen LogP contribution in [0.1, 0.15) is 55.3 Å². The average molecular weight is 274 g/mol. The molecule has 1 aromatic rings. The van der Waals surface area contributed by atoms with Gasteiger partial charge in [0.1, 0.15) is 0 Å². The minimum absolute atomic E-state index is 0.182. The van der Waals surface area contributed by atoms with Crippen LogP contribution in [0.15, 0.2) is 24.3 Å². The minimum atomic E-state index is 0.182. The molecular weight excluding hydrogens is 248 g/mol. The van der Waals surface area contributed by atoms with E-state index in [4.69, 9.17) is 5.73 Å². The van der Waals surface area contributed by atoms with Crippen molar-refractivity contribution in [2.24, 2.45) is 0 Å². The van der Waals surface area contributed by atoms with Gasteiger partial charge in [0.15, 0.2) is 5.78 Å². The molecule has 2 N–H and O–H groups in total. The first kappa shape index (κ1) is 15.0. The summed E-state index contributed by atoms with van der Waals surface area (Å²) in [7, 11) is 0. The number of rotatable bonds is 7. The molecule has 0 unspecified atom stereocenters. The van der Waals surface area contributed by atoms with Gasteiger partial charge in [-0.1, -0.05) is 25.0 Å². The molecule has 110 valence electrons. The summed E-state index contributed by atoms with van der Waals surface area (Å²) in [6, 6.07) is 7.36. The predicted octanol–water partition coefficient (Wildman–Crippen LogP) is 3.50. The fraction of sp³-hybridized carbons (Fsp3) is 0.588. The van der Waals surface area contributed by atoms with Gasteiger partial charge in [0, 0.05) is 17.7 Å². The van der Waals surface area contributed by atoms with E-state index in [2.05, 4.69) is 4.90 Å². The van der Waals surface area contributed by atoms with E-state index in [9.17, 15) is 4.79 Å². The highest BCUT2D eigenvalue weighted by Gasteiger charge is 2.10. The van der Waals surface area contributed by atoms with Crippen molar-refractivity contribution >= 4 is 11.5 Å². The van der Waals surface area contributed by atoms with Crippen molar-refractivity contribution < 1.29 is 4.79 Å². The van der Waals surface area contributed by atoms with Crippen LogP contribution in [0.2, 0.25) is 0 Å². The molecule has 0 spiro atoms. The highest BCUT2D eigenvalue weighted by Crippen LogP contribution is 2.15. The van der Waals surface area contributed by atoms with Gasteiger partial charge in [0.05, 0.1) is 0 Å². The normalized spacial score (nSPS) is 16.2. The summed E-state index contributed by atoms with van der Waals surface area (Å²) in [6.45, 7) is 3.72. The molecule has 1 fully saturated rings. The third kappa shape index (κ3) is 4.64. The van der Waals surface area contributed by atoms with E-state index in [1.165, 1.54) is 45.3 Å². The zero-order valence-corrected chi connectivity index (χ0v) is 12.3. The molecule has 1 aromatic carbocycles. The molecule has 0 aliphatic carbocycles. The lowest BCUT2D eigenvalue weighted by Crippen LogP contribution is -2.30. The second-order valence-electron chi connectivity index (χ2n) is 5.72. The summed E-state index contributed by atoms with van der Waals surface area (Å²) >= 11 is 0. The van der Waals surface area contributed by atoms with Gasteiger partial charge in [-0.25, -0.2) is 0 Å². The lowest BCUT2D eigenvalue weighted by Gasteiger charge is -2.26. The van der Waals surface area contributed by atoms with Gasteiger partial charge < -0.3 is 10.6 Å². The molecule has 0 radical (unpaired) electrons. The fourth-order valence-corrected chi connectivity index (χ4v) is 2.87. The number of likely N-dealkylation sites (tertiary alicyclic amines) is 1. The number of carbonyl (C=O) groups excluding carboxylic acids is 1. The van der Waals surface area contributed by atoms with E-state index in [-0.39, 0.29) is 5.78 Å². The number of nitrogens with zero attached hydrogens (tertiary/aromatic N) is 1. The number of benzene rings is 1. The van der Waals surface area contributed by atoms with Crippen LogP contribution in [0.5, 0.6) is 0 Å². The zero-order chi connectivity index (χ0) is 14.2. The van der Waals surface area contributed by atoms with E-state index in [0.29, 0.717) is 17.7 Å². The molecule has 0 saturated carbocycles. The third-order valence-corrected chi connectivity index (χ3v) is 4.09. The smallest absolute Gasteiger partial charge is 0.164 e. The Kier molecular flexibility index (Phi) is 6.06. The van der Waals surface area contributed by atoms with Crippen molar-refractivity contribution in [1.29, 1.82) is 0 Å². The van der Waals surface area contributed by atoms with Gasteiger partial charge in [-0.15, -0.1) is 0 Å². The third-order valence-electron chi connectivity index (χ3n) is 4.09. The summed E-state index contributed by atoms with van der Waals surface area (Å²) in [6.07, 6.45) is 8.03. The van der Waals surface area contributed by atoms with Crippen molar-refractivity contribution in [3.05, 3.63) is 29.8 Å².